The van der Waals surface area contributed by atoms with E-state index in [1.54, 1.807) is 11.1 Å². The maximum Gasteiger partial charge on any atom is 0.255 e. The van der Waals surface area contributed by atoms with Crippen molar-refractivity contribution in [2.75, 3.05) is 50.6 Å². The van der Waals surface area contributed by atoms with Crippen LogP contribution in [0.25, 0.3) is 0 Å². The first-order valence-electron chi connectivity index (χ1n) is 8.89. The highest BCUT2D eigenvalue weighted by Gasteiger charge is 2.27. The van der Waals surface area contributed by atoms with Crippen molar-refractivity contribution in [1.29, 1.82) is 0 Å². The van der Waals surface area contributed by atoms with E-state index in [4.69, 9.17) is 4.74 Å². The van der Waals surface area contributed by atoms with Crippen LogP contribution < -0.4 is 14.5 Å². The number of pyridine rings is 1. The number of anilines is 2. The number of likely N-dealkylation sites (N-methyl/N-ethyl adjacent to an activating group) is 2. The Morgan fingerprint density at radius 2 is 2.00 bits per heavy atom. The number of aromatic nitrogens is 1. The number of amides is 1. The Bertz CT molecular complexity index is 761. The fourth-order valence-corrected chi connectivity index (χ4v) is 3.16. The van der Waals surface area contributed by atoms with E-state index in [-0.39, 0.29) is 12.0 Å². The molecule has 0 aliphatic carbocycles. The first-order valence-corrected chi connectivity index (χ1v) is 8.89. The van der Waals surface area contributed by atoms with Crippen LogP contribution in [0.4, 0.5) is 11.5 Å². The number of hydrogen-bond donors (Lipinski definition) is 0. The van der Waals surface area contributed by atoms with E-state index in [1.807, 2.05) is 56.4 Å². The zero-order valence-electron chi connectivity index (χ0n) is 15.8. The monoisotopic (exact) mass is 354 g/mol. The molecule has 0 N–H and O–H groups in total. The van der Waals surface area contributed by atoms with Crippen molar-refractivity contribution in [1.82, 2.24) is 9.88 Å². The van der Waals surface area contributed by atoms with E-state index in [9.17, 15) is 4.79 Å². The molecule has 2 aromatic rings. The molecule has 6 heteroatoms. The van der Waals surface area contributed by atoms with E-state index in [0.717, 1.165) is 30.3 Å². The lowest BCUT2D eigenvalue weighted by Crippen LogP contribution is -2.46. The lowest BCUT2D eigenvalue weighted by atomic mass is 10.1. The molecule has 1 aliphatic heterocycles. The summed E-state index contributed by atoms with van der Waals surface area (Å²) in [5, 5.41) is 0. The van der Waals surface area contributed by atoms with Crippen molar-refractivity contribution in [3.63, 3.8) is 0 Å². The summed E-state index contributed by atoms with van der Waals surface area (Å²) in [4.78, 5) is 22.9. The molecule has 0 saturated heterocycles. The molecule has 26 heavy (non-hydrogen) atoms. The van der Waals surface area contributed by atoms with Crippen molar-refractivity contribution in [2.45, 2.75) is 13.0 Å². The van der Waals surface area contributed by atoms with Gasteiger partial charge in [0.05, 0.1) is 24.3 Å². The van der Waals surface area contributed by atoms with Crippen LogP contribution in [-0.4, -0.2) is 62.7 Å². The first-order chi connectivity index (χ1) is 12.5. The predicted molar refractivity (Wildman–Crippen MR) is 104 cm³/mol. The summed E-state index contributed by atoms with van der Waals surface area (Å²) in [6.45, 7) is 4.33. The van der Waals surface area contributed by atoms with Crippen LogP contribution >= 0.6 is 0 Å². The van der Waals surface area contributed by atoms with Gasteiger partial charge in [-0.25, -0.2) is 4.98 Å². The molecule has 0 fully saturated rings. The molecule has 0 radical (unpaired) electrons. The second-order valence-corrected chi connectivity index (χ2v) is 6.73. The maximum absolute atomic E-state index is 12.7. The molecule has 1 amide bonds. The Labute approximate surface area is 155 Å². The van der Waals surface area contributed by atoms with Crippen molar-refractivity contribution in [3.05, 3.63) is 48.2 Å². The third-order valence-corrected chi connectivity index (χ3v) is 4.58. The van der Waals surface area contributed by atoms with Crippen LogP contribution in [0, 0.1) is 0 Å². The molecule has 138 valence electrons. The lowest BCUT2D eigenvalue weighted by Gasteiger charge is -2.37. The maximum atomic E-state index is 12.7. The first kappa shape index (κ1) is 18.0. The molecule has 0 spiro atoms. The molecule has 2 heterocycles. The quantitative estimate of drug-likeness (QED) is 0.826. The van der Waals surface area contributed by atoms with Gasteiger partial charge in [0.25, 0.3) is 5.91 Å². The molecular weight excluding hydrogens is 328 g/mol. The largest absolute Gasteiger partial charge is 0.485 e. The van der Waals surface area contributed by atoms with Crippen molar-refractivity contribution in [2.24, 2.45) is 0 Å². The van der Waals surface area contributed by atoms with Crippen LogP contribution in [0.5, 0.6) is 5.75 Å². The Kier molecular flexibility index (Phi) is 5.30. The van der Waals surface area contributed by atoms with E-state index >= 15 is 0 Å². The van der Waals surface area contributed by atoms with Gasteiger partial charge in [0.1, 0.15) is 17.7 Å². The van der Waals surface area contributed by atoms with Gasteiger partial charge in [-0.1, -0.05) is 12.1 Å². The van der Waals surface area contributed by atoms with Crippen LogP contribution in [0.3, 0.4) is 0 Å². The Morgan fingerprint density at radius 1 is 1.23 bits per heavy atom. The number of rotatable bonds is 5. The zero-order valence-corrected chi connectivity index (χ0v) is 15.8. The Morgan fingerprint density at radius 3 is 2.65 bits per heavy atom. The van der Waals surface area contributed by atoms with E-state index in [1.165, 1.54) is 0 Å². The number of benzene rings is 1. The van der Waals surface area contributed by atoms with Gasteiger partial charge in [-0.3, -0.25) is 4.79 Å². The van der Waals surface area contributed by atoms with Gasteiger partial charge in [0, 0.05) is 33.9 Å². The average molecular weight is 354 g/mol. The summed E-state index contributed by atoms with van der Waals surface area (Å²) in [6.07, 6.45) is 1.57. The Balaban J connectivity index is 1.68. The number of fused-ring (bicyclic) bond motifs is 1. The highest BCUT2D eigenvalue weighted by atomic mass is 16.5. The molecule has 0 unspecified atom stereocenters. The number of carbonyl (C=O) groups is 1. The molecule has 1 aliphatic rings. The molecular formula is C20H26N4O2. The minimum Gasteiger partial charge on any atom is -0.485 e. The second kappa shape index (κ2) is 7.64. The second-order valence-electron chi connectivity index (χ2n) is 6.73. The van der Waals surface area contributed by atoms with Crippen molar-refractivity contribution < 1.29 is 9.53 Å². The normalized spacial score (nSPS) is 15.8. The predicted octanol–water partition coefficient (Wildman–Crippen LogP) is 2.51. The number of ether oxygens (including phenoxy) is 1. The smallest absolute Gasteiger partial charge is 0.255 e. The zero-order chi connectivity index (χ0) is 18.7. The summed E-state index contributed by atoms with van der Waals surface area (Å²) < 4.78 is 6.11. The molecule has 1 atom stereocenters. The van der Waals surface area contributed by atoms with E-state index < -0.39 is 0 Å². The molecule has 3 rings (SSSR count). The number of carbonyl (C=O) groups excluding carboxylic acids is 1. The van der Waals surface area contributed by atoms with E-state index in [2.05, 4.69) is 22.9 Å². The van der Waals surface area contributed by atoms with Gasteiger partial charge < -0.3 is 19.4 Å². The highest BCUT2D eigenvalue weighted by molar-refractivity contribution is 5.94. The van der Waals surface area contributed by atoms with E-state index in [0.29, 0.717) is 12.1 Å². The van der Waals surface area contributed by atoms with Crippen molar-refractivity contribution in [3.8, 4) is 5.75 Å². The molecule has 0 bridgehead atoms. The third kappa shape index (κ3) is 3.74. The van der Waals surface area contributed by atoms with Crippen LogP contribution in [0.1, 0.15) is 17.3 Å². The minimum atomic E-state index is -0.0622. The summed E-state index contributed by atoms with van der Waals surface area (Å²) in [5.74, 6) is 1.66. The number of nitrogens with zero attached hydrogens (tertiary/aromatic N) is 4. The number of para-hydroxylation sites is 2. The molecule has 0 saturated carbocycles. The molecule has 1 aromatic carbocycles. The molecule has 1 aromatic heterocycles. The number of hydrogen-bond acceptors (Lipinski definition) is 5. The SMILES string of the molecule is CCN1C[C@H](CN(C)C(=O)c2ccc(N(C)C)nc2)Oc2ccccc21. The van der Waals surface area contributed by atoms with Crippen LogP contribution in [0.2, 0.25) is 0 Å². The van der Waals surface area contributed by atoms with Gasteiger partial charge in [-0.2, -0.15) is 0 Å². The van der Waals surface area contributed by atoms with Crippen LogP contribution in [0.15, 0.2) is 42.6 Å². The summed E-state index contributed by atoms with van der Waals surface area (Å²) in [6, 6.07) is 11.7. The summed E-state index contributed by atoms with van der Waals surface area (Å²) >= 11 is 0. The fourth-order valence-electron chi connectivity index (χ4n) is 3.16. The topological polar surface area (TPSA) is 48.9 Å². The third-order valence-electron chi connectivity index (χ3n) is 4.58. The van der Waals surface area contributed by atoms with Gasteiger partial charge >= 0.3 is 0 Å². The average Bonchev–Trinajstić information content (AvgIpc) is 2.66. The molecule has 6 nitrogen and oxygen atoms in total. The van der Waals surface area contributed by atoms with Gasteiger partial charge in [0.15, 0.2) is 0 Å². The van der Waals surface area contributed by atoms with Gasteiger partial charge in [-0.15, -0.1) is 0 Å². The highest BCUT2D eigenvalue weighted by Crippen LogP contribution is 2.32. The standard InChI is InChI=1S/C20H26N4O2/c1-5-24-14-16(26-18-9-7-6-8-17(18)24)13-23(4)20(25)15-10-11-19(21-12-15)22(2)3/h6-12,16H,5,13-14H2,1-4H3/t16-/m0/s1. The lowest BCUT2D eigenvalue weighted by molar-refractivity contribution is 0.0709. The van der Waals surface area contributed by atoms with Gasteiger partial charge in [0.2, 0.25) is 0 Å². The Hall–Kier alpha value is -2.76. The summed E-state index contributed by atoms with van der Waals surface area (Å²) in [7, 11) is 5.66. The van der Waals surface area contributed by atoms with Crippen molar-refractivity contribution >= 4 is 17.4 Å². The minimum absolute atomic E-state index is 0.0479. The van der Waals surface area contributed by atoms with Gasteiger partial charge in [-0.05, 0) is 31.2 Å². The summed E-state index contributed by atoms with van der Waals surface area (Å²) in [5.41, 5.74) is 1.70. The van der Waals surface area contributed by atoms with Crippen LogP contribution in [-0.2, 0) is 0 Å². The fraction of sp³-hybridized carbons (Fsp3) is 0.400.